The summed E-state index contributed by atoms with van der Waals surface area (Å²) in [6, 6.07) is 1.91. The molecule has 3 rings (SSSR count). The minimum absolute atomic E-state index is 0.265. The summed E-state index contributed by atoms with van der Waals surface area (Å²) >= 11 is 0. The van der Waals surface area contributed by atoms with E-state index in [9.17, 15) is 0 Å². The van der Waals surface area contributed by atoms with E-state index in [0.29, 0.717) is 11.8 Å². The van der Waals surface area contributed by atoms with Gasteiger partial charge < -0.3 is 10.6 Å². The number of anilines is 2. The van der Waals surface area contributed by atoms with Crippen molar-refractivity contribution in [1.82, 2.24) is 24.7 Å². The van der Waals surface area contributed by atoms with Gasteiger partial charge in [0.05, 0.1) is 0 Å². The van der Waals surface area contributed by atoms with E-state index < -0.39 is 0 Å². The molecule has 0 radical (unpaired) electrons. The highest BCUT2D eigenvalue weighted by Gasteiger charge is 2.18. The van der Waals surface area contributed by atoms with Crippen LogP contribution in [0.4, 0.5) is 11.9 Å². The van der Waals surface area contributed by atoms with Crippen molar-refractivity contribution >= 4 is 11.9 Å². The van der Waals surface area contributed by atoms with Gasteiger partial charge in [0.25, 0.3) is 0 Å². The minimum Gasteiger partial charge on any atom is -0.368 e. The maximum atomic E-state index is 5.84. The third kappa shape index (κ3) is 2.43. The number of nitrogens with two attached hydrogens (primary N) is 1. The molecule has 0 saturated carbocycles. The molecule has 0 bridgehead atoms. The lowest BCUT2D eigenvalue weighted by molar-refractivity contribution is 0.606. The fourth-order valence-corrected chi connectivity index (χ4v) is 2.47. The van der Waals surface area contributed by atoms with Crippen LogP contribution in [0.25, 0.3) is 11.5 Å². The highest BCUT2D eigenvalue weighted by Crippen LogP contribution is 2.21. The summed E-state index contributed by atoms with van der Waals surface area (Å²) in [5.41, 5.74) is 6.73. The third-order valence-electron chi connectivity index (χ3n) is 3.41. The Morgan fingerprint density at radius 1 is 1.20 bits per heavy atom. The van der Waals surface area contributed by atoms with Crippen LogP contribution in [0, 0.1) is 0 Å². The lowest BCUT2D eigenvalue weighted by atomic mass is 10.4. The molecule has 0 spiro atoms. The average molecular weight is 273 g/mol. The zero-order chi connectivity index (χ0) is 13.9. The van der Waals surface area contributed by atoms with Gasteiger partial charge in [-0.1, -0.05) is 6.92 Å². The van der Waals surface area contributed by atoms with Crippen molar-refractivity contribution in [1.29, 1.82) is 0 Å². The summed E-state index contributed by atoms with van der Waals surface area (Å²) < 4.78 is 1.91. The van der Waals surface area contributed by atoms with E-state index in [1.54, 1.807) is 6.20 Å². The minimum atomic E-state index is 0.265. The van der Waals surface area contributed by atoms with E-state index in [0.717, 1.165) is 31.7 Å². The Balaban J connectivity index is 1.98. The molecule has 106 valence electrons. The van der Waals surface area contributed by atoms with E-state index in [-0.39, 0.29) is 5.95 Å². The number of hydrogen-bond acceptors (Lipinski definition) is 6. The first-order valence-corrected chi connectivity index (χ1v) is 7.06. The summed E-state index contributed by atoms with van der Waals surface area (Å²) in [4.78, 5) is 15.2. The van der Waals surface area contributed by atoms with Crippen molar-refractivity contribution in [3.63, 3.8) is 0 Å². The average Bonchev–Trinajstić information content (AvgIpc) is 3.09. The molecule has 0 aliphatic carbocycles. The molecule has 7 heteroatoms. The van der Waals surface area contributed by atoms with Gasteiger partial charge in [-0.15, -0.1) is 0 Å². The lowest BCUT2D eigenvalue weighted by Crippen LogP contribution is -2.22. The van der Waals surface area contributed by atoms with Gasteiger partial charge in [-0.3, -0.25) is 4.68 Å². The summed E-state index contributed by atoms with van der Waals surface area (Å²) in [5, 5.41) is 4.30. The maximum absolute atomic E-state index is 5.84. The molecular formula is C13H19N7. The summed E-state index contributed by atoms with van der Waals surface area (Å²) in [6.07, 6.45) is 5.12. The van der Waals surface area contributed by atoms with Crippen LogP contribution < -0.4 is 10.6 Å². The smallest absolute Gasteiger partial charge is 0.230 e. The Kier molecular flexibility index (Phi) is 3.49. The summed E-state index contributed by atoms with van der Waals surface area (Å²) in [6.45, 7) is 4.92. The molecule has 0 atom stereocenters. The molecule has 1 saturated heterocycles. The van der Waals surface area contributed by atoms with Gasteiger partial charge in [-0.05, 0) is 25.3 Å². The Bertz CT molecular complexity index is 586. The molecule has 1 aliphatic rings. The van der Waals surface area contributed by atoms with Crippen LogP contribution in [0.2, 0.25) is 0 Å². The van der Waals surface area contributed by atoms with Crippen LogP contribution in [-0.2, 0) is 6.54 Å². The predicted octanol–water partition coefficient (Wildman–Crippen LogP) is 1.33. The highest BCUT2D eigenvalue weighted by molar-refractivity contribution is 5.53. The standard InChI is InChI=1S/C13H19N7/c1-2-7-20-10(5-6-15-20)11-16-12(14)18-13(17-11)19-8-3-4-9-19/h5-6H,2-4,7-9H2,1H3,(H2,14,16,17,18). The first-order valence-electron chi connectivity index (χ1n) is 7.06. The molecule has 7 nitrogen and oxygen atoms in total. The van der Waals surface area contributed by atoms with Gasteiger partial charge in [-0.25, -0.2) is 0 Å². The summed E-state index contributed by atoms with van der Waals surface area (Å²) in [5.74, 6) is 1.54. The fraction of sp³-hybridized carbons (Fsp3) is 0.538. The van der Waals surface area contributed by atoms with Gasteiger partial charge in [0.2, 0.25) is 11.9 Å². The molecular weight excluding hydrogens is 254 g/mol. The Labute approximate surface area is 117 Å². The van der Waals surface area contributed by atoms with E-state index in [2.05, 4.69) is 31.9 Å². The number of rotatable bonds is 4. The largest absolute Gasteiger partial charge is 0.368 e. The molecule has 2 aromatic rings. The van der Waals surface area contributed by atoms with Crippen LogP contribution in [0.3, 0.4) is 0 Å². The van der Waals surface area contributed by atoms with E-state index >= 15 is 0 Å². The molecule has 2 N–H and O–H groups in total. The quantitative estimate of drug-likeness (QED) is 0.904. The molecule has 1 fully saturated rings. The van der Waals surface area contributed by atoms with Crippen molar-refractivity contribution in [3.05, 3.63) is 12.3 Å². The number of nitrogens with zero attached hydrogens (tertiary/aromatic N) is 6. The number of aryl methyl sites for hydroxylation is 1. The van der Waals surface area contributed by atoms with E-state index in [4.69, 9.17) is 5.73 Å². The second-order valence-corrected chi connectivity index (χ2v) is 4.95. The number of hydrogen-bond donors (Lipinski definition) is 1. The van der Waals surface area contributed by atoms with Gasteiger partial charge in [0.1, 0.15) is 5.69 Å². The predicted molar refractivity (Wildman–Crippen MR) is 77.2 cm³/mol. The van der Waals surface area contributed by atoms with Gasteiger partial charge in [0.15, 0.2) is 5.82 Å². The van der Waals surface area contributed by atoms with Crippen LogP contribution in [0.1, 0.15) is 26.2 Å². The Morgan fingerprint density at radius 3 is 2.75 bits per heavy atom. The van der Waals surface area contributed by atoms with Crippen molar-refractivity contribution in [2.75, 3.05) is 23.7 Å². The SMILES string of the molecule is CCCn1nccc1-c1nc(N)nc(N2CCCC2)n1. The fourth-order valence-electron chi connectivity index (χ4n) is 2.47. The second kappa shape index (κ2) is 5.44. The lowest BCUT2D eigenvalue weighted by Gasteiger charge is -2.15. The monoisotopic (exact) mass is 273 g/mol. The number of nitrogen functional groups attached to an aromatic ring is 1. The zero-order valence-electron chi connectivity index (χ0n) is 11.7. The van der Waals surface area contributed by atoms with Crippen LogP contribution >= 0.6 is 0 Å². The Morgan fingerprint density at radius 2 is 2.00 bits per heavy atom. The molecule has 0 amide bonds. The first kappa shape index (κ1) is 12.8. The van der Waals surface area contributed by atoms with E-state index in [1.165, 1.54) is 12.8 Å². The van der Waals surface area contributed by atoms with Crippen molar-refractivity contribution in [2.24, 2.45) is 0 Å². The molecule has 3 heterocycles. The van der Waals surface area contributed by atoms with E-state index in [1.807, 2.05) is 10.7 Å². The molecule has 1 aliphatic heterocycles. The van der Waals surface area contributed by atoms with Crippen LogP contribution in [0.5, 0.6) is 0 Å². The topological polar surface area (TPSA) is 85.8 Å². The number of aromatic nitrogens is 5. The molecule has 0 unspecified atom stereocenters. The second-order valence-electron chi connectivity index (χ2n) is 4.95. The van der Waals surface area contributed by atoms with Gasteiger partial charge in [0, 0.05) is 25.8 Å². The van der Waals surface area contributed by atoms with Gasteiger partial charge in [-0.2, -0.15) is 20.1 Å². The Hall–Kier alpha value is -2.18. The first-order chi connectivity index (χ1) is 9.78. The molecule has 20 heavy (non-hydrogen) atoms. The highest BCUT2D eigenvalue weighted by atomic mass is 15.3. The van der Waals surface area contributed by atoms with Crippen molar-refractivity contribution in [2.45, 2.75) is 32.7 Å². The van der Waals surface area contributed by atoms with Crippen molar-refractivity contribution in [3.8, 4) is 11.5 Å². The zero-order valence-corrected chi connectivity index (χ0v) is 11.7. The molecule has 2 aromatic heterocycles. The van der Waals surface area contributed by atoms with Crippen LogP contribution in [0.15, 0.2) is 12.3 Å². The van der Waals surface area contributed by atoms with Gasteiger partial charge >= 0.3 is 0 Å². The van der Waals surface area contributed by atoms with Crippen molar-refractivity contribution < 1.29 is 0 Å². The van der Waals surface area contributed by atoms with Crippen LogP contribution in [-0.4, -0.2) is 37.8 Å². The normalized spacial score (nSPS) is 14.9. The summed E-state index contributed by atoms with van der Waals surface area (Å²) in [7, 11) is 0. The molecule has 0 aromatic carbocycles. The maximum Gasteiger partial charge on any atom is 0.230 e. The third-order valence-corrected chi connectivity index (χ3v) is 3.41.